The van der Waals surface area contributed by atoms with E-state index in [0.717, 1.165) is 6.42 Å². The van der Waals surface area contributed by atoms with Gasteiger partial charge in [-0.3, -0.25) is 10.1 Å². The fraction of sp³-hybridized carbons (Fsp3) is 0.333. The lowest BCUT2D eigenvalue weighted by atomic mass is 10.3. The van der Waals surface area contributed by atoms with E-state index in [-0.39, 0.29) is 29.3 Å². The van der Waals surface area contributed by atoms with Crippen molar-refractivity contribution in [3.8, 4) is 5.75 Å². The maximum atomic E-state index is 11.3. The van der Waals surface area contributed by atoms with Gasteiger partial charge in [-0.15, -0.1) is 0 Å². The molecule has 9 nitrogen and oxygen atoms in total. The fourth-order valence-corrected chi connectivity index (χ4v) is 1.94. The zero-order valence-electron chi connectivity index (χ0n) is 13.7. The minimum Gasteiger partial charge on any atom is -0.497 e. The Kier molecular flexibility index (Phi) is 5.35. The van der Waals surface area contributed by atoms with E-state index in [9.17, 15) is 10.1 Å². The number of nitro groups is 1. The molecular weight excluding hydrogens is 312 g/mol. The molecule has 0 aliphatic heterocycles. The van der Waals surface area contributed by atoms with Gasteiger partial charge in [-0.25, -0.2) is 0 Å². The molecule has 0 spiro atoms. The third-order valence-electron chi connectivity index (χ3n) is 3.43. The second-order valence-corrected chi connectivity index (χ2v) is 5.19. The first kappa shape index (κ1) is 17.3. The molecule has 4 N–H and O–H groups in total. The Morgan fingerprint density at radius 2 is 2.00 bits per heavy atom. The highest BCUT2D eigenvalue weighted by molar-refractivity contribution is 5.74. The van der Waals surface area contributed by atoms with Gasteiger partial charge in [0, 0.05) is 11.7 Å². The highest BCUT2D eigenvalue weighted by atomic mass is 16.6. The highest BCUT2D eigenvalue weighted by Gasteiger charge is 2.23. The summed E-state index contributed by atoms with van der Waals surface area (Å²) in [5.41, 5.74) is 6.00. The summed E-state index contributed by atoms with van der Waals surface area (Å²) in [5.74, 6) is 0.750. The van der Waals surface area contributed by atoms with E-state index >= 15 is 0 Å². The van der Waals surface area contributed by atoms with Crippen LogP contribution in [-0.4, -0.2) is 28.0 Å². The average Bonchev–Trinajstić information content (AvgIpc) is 2.54. The van der Waals surface area contributed by atoms with Crippen molar-refractivity contribution in [2.75, 3.05) is 23.5 Å². The zero-order valence-corrected chi connectivity index (χ0v) is 13.7. The first-order valence-corrected chi connectivity index (χ1v) is 7.44. The Morgan fingerprint density at radius 3 is 2.54 bits per heavy atom. The van der Waals surface area contributed by atoms with Gasteiger partial charge in [0.05, 0.1) is 12.0 Å². The monoisotopic (exact) mass is 332 g/mol. The summed E-state index contributed by atoms with van der Waals surface area (Å²) in [6, 6.07) is 7.03. The van der Waals surface area contributed by atoms with Gasteiger partial charge in [0.25, 0.3) is 0 Å². The second kappa shape index (κ2) is 7.44. The normalized spacial score (nSPS) is 11.6. The molecule has 9 heteroatoms. The third kappa shape index (κ3) is 4.00. The van der Waals surface area contributed by atoms with Crippen molar-refractivity contribution in [1.82, 2.24) is 9.97 Å². The largest absolute Gasteiger partial charge is 0.497 e. The number of hydrogen-bond acceptors (Lipinski definition) is 8. The smallest absolute Gasteiger partial charge is 0.353 e. The summed E-state index contributed by atoms with van der Waals surface area (Å²) in [5, 5.41) is 17.3. The van der Waals surface area contributed by atoms with Crippen molar-refractivity contribution in [2.24, 2.45) is 0 Å². The minimum absolute atomic E-state index is 0.0310. The molecule has 128 valence electrons. The van der Waals surface area contributed by atoms with E-state index in [0.29, 0.717) is 11.4 Å². The van der Waals surface area contributed by atoms with E-state index in [4.69, 9.17) is 10.5 Å². The van der Waals surface area contributed by atoms with Crippen molar-refractivity contribution >= 4 is 29.0 Å². The molecule has 1 aromatic carbocycles. The Labute approximate surface area is 139 Å². The van der Waals surface area contributed by atoms with Gasteiger partial charge in [-0.1, -0.05) is 6.92 Å². The topological polar surface area (TPSA) is 128 Å². The van der Waals surface area contributed by atoms with E-state index in [1.54, 1.807) is 31.4 Å². The Morgan fingerprint density at radius 1 is 1.33 bits per heavy atom. The molecule has 1 atom stereocenters. The van der Waals surface area contributed by atoms with Gasteiger partial charge in [0.15, 0.2) is 0 Å². The van der Waals surface area contributed by atoms with Crippen LogP contribution < -0.4 is 21.1 Å². The van der Waals surface area contributed by atoms with Crippen molar-refractivity contribution in [2.45, 2.75) is 26.3 Å². The molecule has 0 aliphatic rings. The first-order valence-electron chi connectivity index (χ1n) is 7.44. The summed E-state index contributed by atoms with van der Waals surface area (Å²) in [6.45, 7) is 3.96. The quantitative estimate of drug-likeness (QED) is 0.521. The molecule has 1 aromatic heterocycles. The zero-order chi connectivity index (χ0) is 17.7. The Hall–Kier alpha value is -3.10. The van der Waals surface area contributed by atoms with E-state index in [1.807, 2.05) is 13.8 Å². The van der Waals surface area contributed by atoms with Gasteiger partial charge < -0.3 is 21.1 Å². The first-order chi connectivity index (χ1) is 11.4. The Balaban J connectivity index is 2.38. The van der Waals surface area contributed by atoms with Crippen molar-refractivity contribution in [3.05, 3.63) is 34.4 Å². The van der Waals surface area contributed by atoms with Crippen LogP contribution in [0.2, 0.25) is 0 Å². The number of anilines is 4. The summed E-state index contributed by atoms with van der Waals surface area (Å²) in [6.07, 6.45) is 0.849. The predicted octanol–water partition coefficient (Wildman–Crippen LogP) is 2.93. The summed E-state index contributed by atoms with van der Waals surface area (Å²) < 4.78 is 5.08. The standard InChI is InChI=1S/C15H20N6O3/c1-4-9(2)17-15-19-13(16)12(21(22)23)14(20-15)18-10-5-7-11(24-3)8-6-10/h5-9H,4H2,1-3H3,(H4,16,17,18,19,20)/t9-/m0/s1. The maximum absolute atomic E-state index is 11.3. The number of nitrogens with two attached hydrogens (primary N) is 1. The molecule has 1 heterocycles. The van der Waals surface area contributed by atoms with Crippen molar-refractivity contribution < 1.29 is 9.66 Å². The molecule has 0 bridgehead atoms. The molecule has 0 fully saturated rings. The third-order valence-corrected chi connectivity index (χ3v) is 3.43. The summed E-state index contributed by atoms with van der Waals surface area (Å²) >= 11 is 0. The molecule has 0 aliphatic carbocycles. The predicted molar refractivity (Wildman–Crippen MR) is 92.8 cm³/mol. The molecule has 2 aromatic rings. The van der Waals surface area contributed by atoms with Crippen LogP contribution in [0.1, 0.15) is 20.3 Å². The van der Waals surface area contributed by atoms with Crippen LogP contribution in [0.5, 0.6) is 5.75 Å². The molecular formula is C15H20N6O3. The Bertz CT molecular complexity index is 720. The lowest BCUT2D eigenvalue weighted by Gasteiger charge is -2.14. The van der Waals surface area contributed by atoms with Crippen LogP contribution in [0.15, 0.2) is 24.3 Å². The molecule has 0 unspecified atom stereocenters. The van der Waals surface area contributed by atoms with Crippen LogP contribution in [-0.2, 0) is 0 Å². The molecule has 2 rings (SSSR count). The van der Waals surface area contributed by atoms with E-state index < -0.39 is 4.92 Å². The number of nitrogens with zero attached hydrogens (tertiary/aromatic N) is 3. The molecule has 24 heavy (non-hydrogen) atoms. The number of hydrogen-bond donors (Lipinski definition) is 3. The number of nitrogens with one attached hydrogen (secondary N) is 2. The van der Waals surface area contributed by atoms with Crippen LogP contribution in [0.25, 0.3) is 0 Å². The molecule has 0 amide bonds. The van der Waals surface area contributed by atoms with Crippen LogP contribution in [0.3, 0.4) is 0 Å². The number of benzene rings is 1. The average molecular weight is 332 g/mol. The van der Waals surface area contributed by atoms with Crippen LogP contribution in [0, 0.1) is 10.1 Å². The van der Waals surface area contributed by atoms with Crippen LogP contribution in [0.4, 0.5) is 29.0 Å². The highest BCUT2D eigenvalue weighted by Crippen LogP contribution is 2.31. The number of ether oxygens (including phenoxy) is 1. The van der Waals surface area contributed by atoms with Gasteiger partial charge >= 0.3 is 5.69 Å². The lowest BCUT2D eigenvalue weighted by molar-refractivity contribution is -0.383. The van der Waals surface area contributed by atoms with Gasteiger partial charge in [0.1, 0.15) is 5.75 Å². The summed E-state index contributed by atoms with van der Waals surface area (Å²) in [7, 11) is 1.56. The number of methoxy groups -OCH3 is 1. The lowest BCUT2D eigenvalue weighted by Crippen LogP contribution is -2.17. The second-order valence-electron chi connectivity index (χ2n) is 5.19. The van der Waals surface area contributed by atoms with Crippen molar-refractivity contribution in [3.63, 3.8) is 0 Å². The van der Waals surface area contributed by atoms with Crippen LogP contribution >= 0.6 is 0 Å². The number of nitrogen functional groups attached to an aromatic ring is 1. The van der Waals surface area contributed by atoms with Gasteiger partial charge in [-0.05, 0) is 37.6 Å². The molecule has 0 saturated carbocycles. The molecule has 0 radical (unpaired) electrons. The van der Waals surface area contributed by atoms with E-state index in [2.05, 4.69) is 20.6 Å². The van der Waals surface area contributed by atoms with Crippen molar-refractivity contribution in [1.29, 1.82) is 0 Å². The van der Waals surface area contributed by atoms with Gasteiger partial charge in [0.2, 0.25) is 17.6 Å². The molecule has 0 saturated heterocycles. The number of rotatable bonds is 7. The summed E-state index contributed by atoms with van der Waals surface area (Å²) in [4.78, 5) is 18.8. The fourth-order valence-electron chi connectivity index (χ4n) is 1.94. The van der Waals surface area contributed by atoms with Gasteiger partial charge in [-0.2, -0.15) is 9.97 Å². The SMILES string of the molecule is CC[C@H](C)Nc1nc(N)c([N+](=O)[O-])c(Nc2ccc(OC)cc2)n1. The number of aromatic nitrogens is 2. The maximum Gasteiger partial charge on any atom is 0.353 e. The minimum atomic E-state index is -0.603. The van der Waals surface area contributed by atoms with E-state index in [1.165, 1.54) is 0 Å².